The van der Waals surface area contributed by atoms with Crippen molar-refractivity contribution in [3.05, 3.63) is 66.9 Å². The largest absolute Gasteiger partial charge is 0.269 e. The van der Waals surface area contributed by atoms with Gasteiger partial charge in [0.05, 0.1) is 17.9 Å². The quantitative estimate of drug-likeness (QED) is 0.554. The number of rotatable bonds is 5. The third-order valence-corrected chi connectivity index (χ3v) is 3.97. The molecular weight excluding hydrogens is 331 g/mol. The highest BCUT2D eigenvalue weighted by molar-refractivity contribution is 5.69. The first-order chi connectivity index (χ1) is 12.7. The molecule has 0 aliphatic heterocycles. The van der Waals surface area contributed by atoms with Crippen molar-refractivity contribution < 1.29 is 4.39 Å². The Hall–Kier alpha value is -3.35. The zero-order valence-corrected chi connectivity index (χ0v) is 14.2. The van der Waals surface area contributed by atoms with Gasteiger partial charge in [-0.25, -0.2) is 19.0 Å². The summed E-state index contributed by atoms with van der Waals surface area (Å²) in [6, 6.07) is 13.6. The Labute approximate surface area is 150 Å². The van der Waals surface area contributed by atoms with Gasteiger partial charge in [-0.2, -0.15) is 10.2 Å². The Morgan fingerprint density at radius 2 is 1.81 bits per heavy atom. The predicted octanol–water partition coefficient (Wildman–Crippen LogP) is 3.47. The van der Waals surface area contributed by atoms with Crippen molar-refractivity contribution in [1.29, 1.82) is 0 Å². The van der Waals surface area contributed by atoms with Crippen LogP contribution in [0.1, 0.15) is 5.82 Å². The highest BCUT2D eigenvalue weighted by Gasteiger charge is 2.09. The Morgan fingerprint density at radius 1 is 0.962 bits per heavy atom. The summed E-state index contributed by atoms with van der Waals surface area (Å²) >= 11 is 0. The van der Waals surface area contributed by atoms with Gasteiger partial charge in [-0.3, -0.25) is 4.68 Å². The normalized spacial score (nSPS) is 11.0. The lowest BCUT2D eigenvalue weighted by molar-refractivity contribution is 0.427. The molecule has 0 fully saturated rings. The summed E-state index contributed by atoms with van der Waals surface area (Å²) in [7, 11) is 0. The van der Waals surface area contributed by atoms with Crippen LogP contribution in [-0.2, 0) is 6.54 Å². The second kappa shape index (κ2) is 6.87. The van der Waals surface area contributed by atoms with Crippen molar-refractivity contribution in [2.24, 2.45) is 0 Å². The lowest BCUT2D eigenvalue weighted by Gasteiger charge is -2.07. The number of hydrogen-bond acceptors (Lipinski definition) is 4. The Bertz CT molecular complexity index is 1020. The van der Waals surface area contributed by atoms with Crippen LogP contribution in [0.4, 0.5) is 4.39 Å². The second-order valence-electron chi connectivity index (χ2n) is 5.84. The Kier molecular flexibility index (Phi) is 4.27. The van der Waals surface area contributed by atoms with Crippen LogP contribution >= 0.6 is 0 Å². The van der Waals surface area contributed by atoms with E-state index >= 15 is 0 Å². The standard InChI is InChI=1S/C19H17FN6/c1-14-22-18(13-19(23-14)26-9-3-8-21-26)16-5-2-4-15(12-16)17-6-10-25(24-17)11-7-20/h2-6,8-10,12-13H,7,11H2,1H3. The fourth-order valence-corrected chi connectivity index (χ4v) is 2.79. The molecule has 0 saturated heterocycles. The summed E-state index contributed by atoms with van der Waals surface area (Å²) in [5, 5.41) is 8.64. The van der Waals surface area contributed by atoms with Crippen LogP contribution in [0.5, 0.6) is 0 Å². The first kappa shape index (κ1) is 16.1. The summed E-state index contributed by atoms with van der Waals surface area (Å²) in [6.07, 6.45) is 5.34. The maximum atomic E-state index is 12.5. The highest BCUT2D eigenvalue weighted by atomic mass is 19.1. The number of benzene rings is 1. The van der Waals surface area contributed by atoms with Crippen molar-refractivity contribution in [3.8, 4) is 28.3 Å². The zero-order valence-electron chi connectivity index (χ0n) is 14.2. The molecule has 0 unspecified atom stereocenters. The molecule has 4 rings (SSSR count). The molecule has 0 aliphatic rings. The second-order valence-corrected chi connectivity index (χ2v) is 5.84. The first-order valence-corrected chi connectivity index (χ1v) is 8.29. The van der Waals surface area contributed by atoms with E-state index < -0.39 is 6.67 Å². The zero-order chi connectivity index (χ0) is 17.9. The molecule has 26 heavy (non-hydrogen) atoms. The minimum absolute atomic E-state index is 0.262. The fourth-order valence-electron chi connectivity index (χ4n) is 2.79. The Balaban J connectivity index is 1.72. The van der Waals surface area contributed by atoms with E-state index in [0.717, 1.165) is 28.3 Å². The molecule has 0 amide bonds. The SMILES string of the molecule is Cc1nc(-c2cccc(-c3ccn(CCF)n3)c2)cc(-n2cccn2)n1. The predicted molar refractivity (Wildman–Crippen MR) is 96.5 cm³/mol. The minimum Gasteiger partial charge on any atom is -0.269 e. The average molecular weight is 348 g/mol. The van der Waals surface area contributed by atoms with Crippen LogP contribution in [0.15, 0.2) is 61.1 Å². The summed E-state index contributed by atoms with van der Waals surface area (Å²) in [6.45, 7) is 1.69. The molecule has 3 heterocycles. The lowest BCUT2D eigenvalue weighted by atomic mass is 10.1. The van der Waals surface area contributed by atoms with Gasteiger partial charge in [0.1, 0.15) is 12.5 Å². The monoisotopic (exact) mass is 348 g/mol. The minimum atomic E-state index is -0.433. The Morgan fingerprint density at radius 3 is 2.58 bits per heavy atom. The van der Waals surface area contributed by atoms with E-state index in [9.17, 15) is 4.39 Å². The summed E-state index contributed by atoms with van der Waals surface area (Å²) < 4.78 is 15.8. The summed E-state index contributed by atoms with van der Waals surface area (Å²) in [5.74, 6) is 1.39. The van der Waals surface area contributed by atoms with E-state index in [2.05, 4.69) is 20.2 Å². The molecule has 0 N–H and O–H groups in total. The van der Waals surface area contributed by atoms with Gasteiger partial charge in [0.15, 0.2) is 5.82 Å². The van der Waals surface area contributed by atoms with Crippen molar-refractivity contribution in [1.82, 2.24) is 29.5 Å². The van der Waals surface area contributed by atoms with E-state index in [-0.39, 0.29) is 6.54 Å². The number of nitrogens with zero attached hydrogens (tertiary/aromatic N) is 6. The molecule has 6 nitrogen and oxygen atoms in total. The van der Waals surface area contributed by atoms with Gasteiger partial charge in [0, 0.05) is 35.8 Å². The maximum absolute atomic E-state index is 12.5. The van der Waals surface area contributed by atoms with Crippen LogP contribution in [0, 0.1) is 6.92 Å². The molecule has 0 radical (unpaired) electrons. The number of hydrogen-bond donors (Lipinski definition) is 0. The molecule has 0 saturated carbocycles. The first-order valence-electron chi connectivity index (χ1n) is 8.29. The summed E-state index contributed by atoms with van der Waals surface area (Å²) in [4.78, 5) is 9.00. The van der Waals surface area contributed by atoms with Crippen LogP contribution in [0.3, 0.4) is 0 Å². The van der Waals surface area contributed by atoms with Crippen molar-refractivity contribution in [3.63, 3.8) is 0 Å². The summed E-state index contributed by atoms with van der Waals surface area (Å²) in [5.41, 5.74) is 3.53. The number of alkyl halides is 1. The number of halogens is 1. The van der Waals surface area contributed by atoms with Crippen molar-refractivity contribution in [2.75, 3.05) is 6.67 Å². The molecular formula is C19H17FN6. The number of aryl methyl sites for hydroxylation is 2. The molecule has 3 aromatic heterocycles. The molecule has 0 bridgehead atoms. The smallest absolute Gasteiger partial charge is 0.157 e. The molecule has 130 valence electrons. The molecule has 4 aromatic rings. The van der Waals surface area contributed by atoms with Gasteiger partial charge in [-0.15, -0.1) is 0 Å². The molecule has 0 spiro atoms. The van der Waals surface area contributed by atoms with E-state index in [1.54, 1.807) is 21.8 Å². The van der Waals surface area contributed by atoms with Gasteiger partial charge in [0.2, 0.25) is 0 Å². The van der Waals surface area contributed by atoms with Gasteiger partial charge >= 0.3 is 0 Å². The van der Waals surface area contributed by atoms with Crippen LogP contribution in [0.2, 0.25) is 0 Å². The van der Waals surface area contributed by atoms with Crippen LogP contribution < -0.4 is 0 Å². The van der Waals surface area contributed by atoms with Crippen molar-refractivity contribution in [2.45, 2.75) is 13.5 Å². The molecule has 0 atom stereocenters. The van der Waals surface area contributed by atoms with Gasteiger partial charge in [-0.1, -0.05) is 18.2 Å². The third-order valence-electron chi connectivity index (χ3n) is 3.97. The average Bonchev–Trinajstić information content (AvgIpc) is 3.34. The van der Waals surface area contributed by atoms with E-state index in [0.29, 0.717) is 5.82 Å². The van der Waals surface area contributed by atoms with Gasteiger partial charge < -0.3 is 0 Å². The third kappa shape index (κ3) is 3.23. The highest BCUT2D eigenvalue weighted by Crippen LogP contribution is 2.25. The van der Waals surface area contributed by atoms with Gasteiger partial charge in [-0.05, 0) is 25.1 Å². The fraction of sp³-hybridized carbons (Fsp3) is 0.158. The van der Waals surface area contributed by atoms with Crippen LogP contribution in [-0.4, -0.2) is 36.2 Å². The van der Waals surface area contributed by atoms with E-state index in [1.807, 2.05) is 55.6 Å². The molecule has 1 aromatic carbocycles. The van der Waals surface area contributed by atoms with Gasteiger partial charge in [0.25, 0.3) is 0 Å². The van der Waals surface area contributed by atoms with Crippen molar-refractivity contribution >= 4 is 0 Å². The maximum Gasteiger partial charge on any atom is 0.157 e. The molecule has 7 heteroatoms. The van der Waals surface area contributed by atoms with E-state index in [1.165, 1.54) is 0 Å². The van der Waals surface area contributed by atoms with E-state index in [4.69, 9.17) is 0 Å². The molecule has 0 aliphatic carbocycles. The topological polar surface area (TPSA) is 61.4 Å². The lowest BCUT2D eigenvalue weighted by Crippen LogP contribution is -2.02. The number of aromatic nitrogens is 6. The van der Waals surface area contributed by atoms with Crippen LogP contribution in [0.25, 0.3) is 28.3 Å².